The van der Waals surface area contributed by atoms with E-state index in [1.54, 1.807) is 7.11 Å². The van der Waals surface area contributed by atoms with Gasteiger partial charge in [0.05, 0.1) is 32.1 Å². The minimum absolute atomic E-state index is 0.388. The molecular weight excluding hydrogens is 340 g/mol. The minimum atomic E-state index is -0.446. The van der Waals surface area contributed by atoms with Gasteiger partial charge in [0.15, 0.2) is 0 Å². The van der Waals surface area contributed by atoms with E-state index in [4.69, 9.17) is 9.47 Å². The second kappa shape index (κ2) is 10.3. The number of benzene rings is 2. The van der Waals surface area contributed by atoms with Crippen LogP contribution in [0.5, 0.6) is 5.75 Å². The van der Waals surface area contributed by atoms with Crippen LogP contribution in [-0.2, 0) is 11.2 Å². The predicted octanol–water partition coefficient (Wildman–Crippen LogP) is 2.44. The number of β-amino-alcohol motifs (C(OH)–C–C–N with tert-alkyl or cyclic N) is 1. The molecular formula is C22H30N2O3. The van der Waals surface area contributed by atoms with E-state index in [2.05, 4.69) is 28.0 Å². The highest BCUT2D eigenvalue weighted by atomic mass is 16.5. The van der Waals surface area contributed by atoms with E-state index in [0.29, 0.717) is 19.8 Å². The number of aliphatic hydroxyl groups excluding tert-OH is 1. The fourth-order valence-corrected chi connectivity index (χ4v) is 3.47. The van der Waals surface area contributed by atoms with Crippen LogP contribution in [0.15, 0.2) is 54.6 Å². The van der Waals surface area contributed by atoms with Gasteiger partial charge in [-0.25, -0.2) is 0 Å². The second-order valence-corrected chi connectivity index (χ2v) is 6.92. The molecule has 1 N–H and O–H groups in total. The number of hydrogen-bond acceptors (Lipinski definition) is 5. The highest BCUT2D eigenvalue weighted by Gasteiger charge is 2.21. The molecule has 0 radical (unpaired) electrons. The SMILES string of the molecule is COc1ccccc1N1CCN(CC(O)COCCc2ccccc2)CC1. The molecule has 5 nitrogen and oxygen atoms in total. The van der Waals surface area contributed by atoms with Crippen LogP contribution in [0.3, 0.4) is 0 Å². The van der Waals surface area contributed by atoms with E-state index < -0.39 is 6.10 Å². The monoisotopic (exact) mass is 370 g/mol. The highest BCUT2D eigenvalue weighted by Crippen LogP contribution is 2.28. The Bertz CT molecular complexity index is 672. The molecule has 0 spiro atoms. The highest BCUT2D eigenvalue weighted by molar-refractivity contribution is 5.58. The average molecular weight is 370 g/mol. The van der Waals surface area contributed by atoms with E-state index in [1.807, 2.05) is 36.4 Å². The van der Waals surface area contributed by atoms with Crippen LogP contribution in [0.2, 0.25) is 0 Å². The van der Waals surface area contributed by atoms with E-state index in [9.17, 15) is 5.11 Å². The lowest BCUT2D eigenvalue weighted by Gasteiger charge is -2.37. The maximum Gasteiger partial charge on any atom is 0.142 e. The summed E-state index contributed by atoms with van der Waals surface area (Å²) in [4.78, 5) is 4.65. The number of piperazine rings is 1. The van der Waals surface area contributed by atoms with Crippen molar-refractivity contribution >= 4 is 5.69 Å². The second-order valence-electron chi connectivity index (χ2n) is 6.92. The van der Waals surface area contributed by atoms with Crippen LogP contribution < -0.4 is 9.64 Å². The van der Waals surface area contributed by atoms with Gasteiger partial charge in [0.1, 0.15) is 5.75 Å². The fourth-order valence-electron chi connectivity index (χ4n) is 3.47. The van der Waals surface area contributed by atoms with E-state index in [-0.39, 0.29) is 0 Å². The summed E-state index contributed by atoms with van der Waals surface area (Å²) < 4.78 is 11.1. The van der Waals surface area contributed by atoms with Gasteiger partial charge in [-0.15, -0.1) is 0 Å². The summed E-state index contributed by atoms with van der Waals surface area (Å²) in [6.07, 6.45) is 0.434. The van der Waals surface area contributed by atoms with Crippen LogP contribution in [0, 0.1) is 0 Å². The molecule has 1 atom stereocenters. The van der Waals surface area contributed by atoms with Gasteiger partial charge in [0, 0.05) is 32.7 Å². The first-order valence-electron chi connectivity index (χ1n) is 9.66. The Morgan fingerprint density at radius 3 is 2.41 bits per heavy atom. The molecule has 0 bridgehead atoms. The van der Waals surface area contributed by atoms with Gasteiger partial charge < -0.3 is 19.5 Å². The third-order valence-corrected chi connectivity index (χ3v) is 4.96. The molecule has 27 heavy (non-hydrogen) atoms. The number of nitrogens with zero attached hydrogens (tertiary/aromatic N) is 2. The standard InChI is InChI=1S/C22H30N2O3/c1-26-22-10-6-5-9-21(22)24-14-12-23(13-15-24)17-20(25)18-27-16-11-19-7-3-2-4-8-19/h2-10,20,25H,11-18H2,1H3. The Morgan fingerprint density at radius 1 is 0.963 bits per heavy atom. The van der Waals surface area contributed by atoms with Crippen molar-refractivity contribution in [1.29, 1.82) is 0 Å². The molecule has 146 valence electrons. The number of anilines is 1. The Morgan fingerprint density at radius 2 is 1.67 bits per heavy atom. The van der Waals surface area contributed by atoms with Crippen LogP contribution in [0.1, 0.15) is 5.56 Å². The Labute approximate surface area is 162 Å². The molecule has 2 aromatic rings. The molecule has 1 aliphatic heterocycles. The average Bonchev–Trinajstić information content (AvgIpc) is 2.72. The number of ether oxygens (including phenoxy) is 2. The molecule has 0 aromatic heterocycles. The fraction of sp³-hybridized carbons (Fsp3) is 0.455. The zero-order valence-corrected chi connectivity index (χ0v) is 16.1. The van der Waals surface area contributed by atoms with Crippen LogP contribution in [-0.4, -0.2) is 69.2 Å². The van der Waals surface area contributed by atoms with Crippen molar-refractivity contribution in [3.63, 3.8) is 0 Å². The van der Waals surface area contributed by atoms with Gasteiger partial charge in [0.25, 0.3) is 0 Å². The topological polar surface area (TPSA) is 45.2 Å². The number of methoxy groups -OCH3 is 1. The van der Waals surface area contributed by atoms with Crippen molar-refractivity contribution in [2.45, 2.75) is 12.5 Å². The van der Waals surface area contributed by atoms with Gasteiger partial charge in [-0.1, -0.05) is 42.5 Å². The lowest BCUT2D eigenvalue weighted by molar-refractivity contribution is 0.0168. The number of para-hydroxylation sites is 2. The first-order chi connectivity index (χ1) is 13.3. The molecule has 1 unspecified atom stereocenters. The summed E-state index contributed by atoms with van der Waals surface area (Å²) in [6.45, 7) is 5.41. The number of rotatable bonds is 9. The maximum atomic E-state index is 10.3. The zero-order valence-electron chi connectivity index (χ0n) is 16.1. The smallest absolute Gasteiger partial charge is 0.142 e. The molecule has 5 heteroatoms. The summed E-state index contributed by atoms with van der Waals surface area (Å²) in [5.41, 5.74) is 2.41. The summed E-state index contributed by atoms with van der Waals surface area (Å²) in [5, 5.41) is 10.3. The largest absolute Gasteiger partial charge is 0.495 e. The Balaban J connectivity index is 1.35. The summed E-state index contributed by atoms with van der Waals surface area (Å²) in [7, 11) is 1.71. The summed E-state index contributed by atoms with van der Waals surface area (Å²) in [5.74, 6) is 0.915. The van der Waals surface area contributed by atoms with E-state index >= 15 is 0 Å². The summed E-state index contributed by atoms with van der Waals surface area (Å²) in [6, 6.07) is 18.4. The van der Waals surface area contributed by atoms with Crippen LogP contribution >= 0.6 is 0 Å². The third kappa shape index (κ3) is 5.96. The van der Waals surface area contributed by atoms with E-state index in [1.165, 1.54) is 5.56 Å². The van der Waals surface area contributed by atoms with Crippen molar-refractivity contribution in [1.82, 2.24) is 4.90 Å². The van der Waals surface area contributed by atoms with Crippen LogP contribution in [0.25, 0.3) is 0 Å². The quantitative estimate of drug-likeness (QED) is 0.687. The lowest BCUT2D eigenvalue weighted by Crippen LogP contribution is -2.49. The first-order valence-corrected chi connectivity index (χ1v) is 9.66. The Kier molecular flexibility index (Phi) is 7.51. The Hall–Kier alpha value is -2.08. The molecule has 1 aliphatic rings. The normalized spacial score (nSPS) is 16.3. The first kappa shape index (κ1) is 19.7. The van der Waals surface area contributed by atoms with Crippen molar-refractivity contribution in [3.8, 4) is 5.75 Å². The van der Waals surface area contributed by atoms with Gasteiger partial charge in [-0.05, 0) is 24.1 Å². The van der Waals surface area contributed by atoms with Crippen molar-refractivity contribution in [2.24, 2.45) is 0 Å². The minimum Gasteiger partial charge on any atom is -0.495 e. The van der Waals surface area contributed by atoms with Gasteiger partial charge >= 0.3 is 0 Å². The van der Waals surface area contributed by atoms with Crippen molar-refractivity contribution in [2.75, 3.05) is 57.9 Å². The van der Waals surface area contributed by atoms with Gasteiger partial charge in [-0.2, -0.15) is 0 Å². The van der Waals surface area contributed by atoms with Crippen molar-refractivity contribution < 1.29 is 14.6 Å². The predicted molar refractivity (Wildman–Crippen MR) is 109 cm³/mol. The van der Waals surface area contributed by atoms with Gasteiger partial charge in [-0.3, -0.25) is 4.90 Å². The molecule has 0 amide bonds. The van der Waals surface area contributed by atoms with Gasteiger partial charge in [0.2, 0.25) is 0 Å². The molecule has 0 aliphatic carbocycles. The molecule has 1 heterocycles. The molecule has 2 aromatic carbocycles. The number of hydrogen-bond donors (Lipinski definition) is 1. The summed E-state index contributed by atoms with van der Waals surface area (Å²) >= 11 is 0. The maximum absolute atomic E-state index is 10.3. The number of aliphatic hydroxyl groups is 1. The molecule has 3 rings (SSSR count). The van der Waals surface area contributed by atoms with Crippen LogP contribution in [0.4, 0.5) is 5.69 Å². The lowest BCUT2D eigenvalue weighted by atomic mass is 10.2. The van der Waals surface area contributed by atoms with Crippen molar-refractivity contribution in [3.05, 3.63) is 60.2 Å². The molecule has 1 fully saturated rings. The zero-order chi connectivity index (χ0) is 18.9. The molecule has 0 saturated carbocycles. The molecule has 1 saturated heterocycles. The third-order valence-electron chi connectivity index (χ3n) is 4.96. The van der Waals surface area contributed by atoms with E-state index in [0.717, 1.165) is 44.0 Å².